The summed E-state index contributed by atoms with van der Waals surface area (Å²) in [4.78, 5) is 21.0. The summed E-state index contributed by atoms with van der Waals surface area (Å²) in [6.07, 6.45) is 1.29. The van der Waals surface area contributed by atoms with Gasteiger partial charge in [0.1, 0.15) is 6.20 Å². The van der Waals surface area contributed by atoms with Crippen LogP contribution >= 0.6 is 11.8 Å². The summed E-state index contributed by atoms with van der Waals surface area (Å²) in [5, 5.41) is 14.2. The van der Waals surface area contributed by atoms with Gasteiger partial charge in [-0.05, 0) is 20.8 Å². The molecule has 0 atom stereocenters. The summed E-state index contributed by atoms with van der Waals surface area (Å²) >= 11 is 1.88. The van der Waals surface area contributed by atoms with Crippen LogP contribution in [0.5, 0.6) is 0 Å². The van der Waals surface area contributed by atoms with Crippen LogP contribution in [0.2, 0.25) is 0 Å². The molecule has 20 heavy (non-hydrogen) atoms. The minimum absolute atomic E-state index is 0.0330. The highest BCUT2D eigenvalue weighted by Crippen LogP contribution is 2.35. The van der Waals surface area contributed by atoms with Crippen LogP contribution in [-0.4, -0.2) is 45.0 Å². The van der Waals surface area contributed by atoms with E-state index in [2.05, 4.69) is 29.1 Å². The third kappa shape index (κ3) is 3.30. The van der Waals surface area contributed by atoms with E-state index in [9.17, 15) is 10.1 Å². The van der Waals surface area contributed by atoms with Gasteiger partial charge in [-0.15, -0.1) is 0 Å². The highest BCUT2D eigenvalue weighted by molar-refractivity contribution is 8.00. The van der Waals surface area contributed by atoms with Crippen molar-refractivity contribution in [3.63, 3.8) is 0 Å². The van der Waals surface area contributed by atoms with E-state index in [0.717, 1.165) is 18.8 Å². The second kappa shape index (κ2) is 5.82. The molecule has 8 heteroatoms. The first-order valence-corrected chi connectivity index (χ1v) is 7.56. The zero-order chi connectivity index (χ0) is 14.8. The maximum absolute atomic E-state index is 11.2. The lowest BCUT2D eigenvalue weighted by Crippen LogP contribution is -2.43. The van der Waals surface area contributed by atoms with Gasteiger partial charge in [0.15, 0.2) is 0 Å². The van der Waals surface area contributed by atoms with Crippen LogP contribution in [0.3, 0.4) is 0 Å². The topological polar surface area (TPSA) is 84.2 Å². The molecule has 1 fully saturated rings. The van der Waals surface area contributed by atoms with Gasteiger partial charge in [0, 0.05) is 30.1 Å². The summed E-state index contributed by atoms with van der Waals surface area (Å²) in [5.41, 5.74) is -0.0330. The van der Waals surface area contributed by atoms with Gasteiger partial charge in [-0.1, -0.05) is 0 Å². The van der Waals surface area contributed by atoms with E-state index in [4.69, 9.17) is 0 Å². The molecule has 110 valence electrons. The van der Waals surface area contributed by atoms with Gasteiger partial charge in [-0.2, -0.15) is 16.7 Å². The SMILES string of the molecule is CCNc1ncc([N+](=O)[O-])c(N2CCSC(C)(C)C2)n1. The molecule has 0 spiro atoms. The largest absolute Gasteiger partial charge is 0.354 e. The molecule has 1 saturated heterocycles. The third-order valence-corrected chi connectivity index (χ3v) is 4.30. The minimum atomic E-state index is -0.417. The Morgan fingerprint density at radius 3 is 2.95 bits per heavy atom. The summed E-state index contributed by atoms with van der Waals surface area (Å²) in [7, 11) is 0. The highest BCUT2D eigenvalue weighted by Gasteiger charge is 2.32. The fourth-order valence-electron chi connectivity index (χ4n) is 2.17. The standard InChI is InChI=1S/C12H19N5O2S/c1-4-13-11-14-7-9(17(18)19)10(15-11)16-5-6-20-12(2,3)8-16/h7H,4-6,8H2,1-3H3,(H,13,14,15). The molecule has 0 amide bonds. The van der Waals surface area contributed by atoms with E-state index in [1.54, 1.807) is 0 Å². The van der Waals surface area contributed by atoms with Crippen molar-refractivity contribution in [2.45, 2.75) is 25.5 Å². The molecule has 2 rings (SSSR count). The van der Waals surface area contributed by atoms with Crippen molar-refractivity contribution in [3.05, 3.63) is 16.3 Å². The number of aromatic nitrogens is 2. The molecule has 0 aromatic carbocycles. The molecule has 7 nitrogen and oxygen atoms in total. The Morgan fingerprint density at radius 1 is 1.60 bits per heavy atom. The van der Waals surface area contributed by atoms with Gasteiger partial charge in [0.05, 0.1) is 4.92 Å². The summed E-state index contributed by atoms with van der Waals surface area (Å²) in [5.74, 6) is 1.78. The Hall–Kier alpha value is -1.57. The second-order valence-corrected chi connectivity index (χ2v) is 7.02. The Labute approximate surface area is 122 Å². The van der Waals surface area contributed by atoms with Gasteiger partial charge in [0.2, 0.25) is 11.8 Å². The van der Waals surface area contributed by atoms with E-state index >= 15 is 0 Å². The quantitative estimate of drug-likeness (QED) is 0.673. The van der Waals surface area contributed by atoms with Crippen molar-refractivity contribution in [3.8, 4) is 0 Å². The minimum Gasteiger partial charge on any atom is -0.354 e. The zero-order valence-corrected chi connectivity index (χ0v) is 12.7. The van der Waals surface area contributed by atoms with Crippen molar-refractivity contribution in [1.29, 1.82) is 0 Å². The van der Waals surface area contributed by atoms with Crippen LogP contribution in [-0.2, 0) is 0 Å². The van der Waals surface area contributed by atoms with Crippen LogP contribution < -0.4 is 10.2 Å². The molecule has 1 aliphatic heterocycles. The summed E-state index contributed by atoms with van der Waals surface area (Å²) in [6, 6.07) is 0. The molecule has 1 aliphatic rings. The summed E-state index contributed by atoms with van der Waals surface area (Å²) in [6.45, 7) is 8.40. The number of rotatable bonds is 4. The first kappa shape index (κ1) is 14.8. The first-order valence-electron chi connectivity index (χ1n) is 6.57. The molecular weight excluding hydrogens is 278 g/mol. The summed E-state index contributed by atoms with van der Waals surface area (Å²) < 4.78 is 0.0649. The number of thioether (sulfide) groups is 1. The van der Waals surface area contributed by atoms with Crippen LogP contribution in [0.15, 0.2) is 6.20 Å². The second-order valence-electron chi connectivity index (χ2n) is 5.22. The van der Waals surface area contributed by atoms with E-state index in [-0.39, 0.29) is 10.4 Å². The maximum Gasteiger partial charge on any atom is 0.329 e. The van der Waals surface area contributed by atoms with Crippen molar-refractivity contribution in [2.24, 2.45) is 0 Å². The number of nitrogens with one attached hydrogen (secondary N) is 1. The van der Waals surface area contributed by atoms with Crippen LogP contribution in [0.4, 0.5) is 17.5 Å². The molecular formula is C12H19N5O2S. The predicted molar refractivity (Wildman–Crippen MR) is 81.6 cm³/mol. The number of hydrogen-bond acceptors (Lipinski definition) is 7. The van der Waals surface area contributed by atoms with Gasteiger partial charge in [0.25, 0.3) is 0 Å². The lowest BCUT2D eigenvalue weighted by atomic mass is 10.2. The maximum atomic E-state index is 11.2. The van der Waals surface area contributed by atoms with Gasteiger partial charge >= 0.3 is 5.69 Å². The normalized spacial score (nSPS) is 17.9. The smallest absolute Gasteiger partial charge is 0.329 e. The monoisotopic (exact) mass is 297 g/mol. The average Bonchev–Trinajstić information content (AvgIpc) is 2.37. The molecule has 2 heterocycles. The van der Waals surface area contributed by atoms with E-state index in [0.29, 0.717) is 18.3 Å². The lowest BCUT2D eigenvalue weighted by Gasteiger charge is -2.37. The number of nitrogens with zero attached hydrogens (tertiary/aromatic N) is 4. The average molecular weight is 297 g/mol. The molecule has 0 bridgehead atoms. The van der Waals surface area contributed by atoms with E-state index in [1.165, 1.54) is 6.20 Å². The van der Waals surface area contributed by atoms with Crippen LogP contribution in [0.25, 0.3) is 0 Å². The van der Waals surface area contributed by atoms with E-state index < -0.39 is 4.92 Å². The number of nitro groups is 1. The van der Waals surface area contributed by atoms with Gasteiger partial charge < -0.3 is 10.2 Å². The van der Waals surface area contributed by atoms with E-state index in [1.807, 2.05) is 23.6 Å². The Bertz CT molecular complexity index is 509. The molecule has 0 unspecified atom stereocenters. The highest BCUT2D eigenvalue weighted by atomic mass is 32.2. The first-order chi connectivity index (χ1) is 9.43. The Kier molecular flexibility index (Phi) is 4.32. The molecule has 1 aromatic rings. The van der Waals surface area contributed by atoms with Crippen LogP contribution in [0.1, 0.15) is 20.8 Å². The molecule has 0 saturated carbocycles. The molecule has 1 N–H and O–H groups in total. The van der Waals surface area contributed by atoms with Gasteiger partial charge in [-0.25, -0.2) is 4.98 Å². The van der Waals surface area contributed by atoms with Crippen molar-refractivity contribution in [1.82, 2.24) is 9.97 Å². The van der Waals surface area contributed by atoms with Gasteiger partial charge in [-0.3, -0.25) is 10.1 Å². The molecule has 0 radical (unpaired) electrons. The zero-order valence-electron chi connectivity index (χ0n) is 11.9. The predicted octanol–water partition coefficient (Wildman–Crippen LogP) is 2.15. The number of hydrogen-bond donors (Lipinski definition) is 1. The number of anilines is 2. The fourth-order valence-corrected chi connectivity index (χ4v) is 3.28. The van der Waals surface area contributed by atoms with Crippen LogP contribution in [0, 0.1) is 10.1 Å². The van der Waals surface area contributed by atoms with Crippen molar-refractivity contribution in [2.75, 3.05) is 35.6 Å². The van der Waals surface area contributed by atoms with Crippen molar-refractivity contribution >= 4 is 29.2 Å². The third-order valence-electron chi connectivity index (χ3n) is 3.01. The van der Waals surface area contributed by atoms with Crippen molar-refractivity contribution < 1.29 is 4.92 Å². The molecule has 1 aromatic heterocycles. The fraction of sp³-hybridized carbons (Fsp3) is 0.667. The lowest BCUT2D eigenvalue weighted by molar-refractivity contribution is -0.384. The Balaban J connectivity index is 2.36. The Morgan fingerprint density at radius 2 is 2.35 bits per heavy atom. The molecule has 0 aliphatic carbocycles.